The first-order valence-electron chi connectivity index (χ1n) is 7.64. The Labute approximate surface area is 162 Å². The van der Waals surface area contributed by atoms with E-state index < -0.39 is 18.0 Å². The highest BCUT2D eigenvalue weighted by Gasteiger charge is 2.37. The van der Waals surface area contributed by atoms with E-state index in [0.29, 0.717) is 11.3 Å². The fourth-order valence-electron chi connectivity index (χ4n) is 2.47. The van der Waals surface area contributed by atoms with E-state index in [1.54, 1.807) is 18.2 Å². The second-order valence-corrected chi connectivity index (χ2v) is 6.49. The van der Waals surface area contributed by atoms with E-state index in [0.717, 1.165) is 4.47 Å². The van der Waals surface area contributed by atoms with Crippen LogP contribution < -0.4 is 5.32 Å². The predicted octanol–water partition coefficient (Wildman–Crippen LogP) is 4.04. The zero-order valence-corrected chi connectivity index (χ0v) is 15.2. The van der Waals surface area contributed by atoms with Crippen molar-refractivity contribution in [3.8, 4) is 11.4 Å². The Morgan fingerprint density at radius 2 is 2.00 bits per heavy atom. The summed E-state index contributed by atoms with van der Waals surface area (Å²) < 4.78 is 43.6. The highest BCUT2D eigenvalue weighted by molar-refractivity contribution is 9.10. The van der Waals surface area contributed by atoms with Gasteiger partial charge in [0.05, 0.1) is 5.69 Å². The molecule has 142 valence electrons. The van der Waals surface area contributed by atoms with E-state index in [2.05, 4.69) is 46.9 Å². The van der Waals surface area contributed by atoms with Crippen LogP contribution in [0.5, 0.6) is 0 Å². The average molecular weight is 453 g/mol. The largest absolute Gasteiger partial charge is 0.468 e. The maximum Gasteiger partial charge on any atom is 0.468 e. The smallest absolute Gasteiger partial charge is 0.433 e. The Balaban J connectivity index is 1.66. The lowest BCUT2D eigenvalue weighted by Crippen LogP contribution is -2.12. The standard InChI is InChI=1S/C16H8BrF3N6O2/c17-8-2-4-10(9(6-8)13-23-25-26-24-13)21-14(27)7-1-3-11-12(5-7)28-15(22-11)16(18,19)20/h1-6H,(H,21,27)(H,23,24,25,26). The number of rotatable bonds is 3. The number of halogens is 4. The van der Waals surface area contributed by atoms with Gasteiger partial charge in [-0.2, -0.15) is 18.4 Å². The van der Waals surface area contributed by atoms with Crippen molar-refractivity contribution in [3.05, 3.63) is 52.3 Å². The summed E-state index contributed by atoms with van der Waals surface area (Å²) in [5, 5.41) is 16.3. The van der Waals surface area contributed by atoms with Gasteiger partial charge in [-0.1, -0.05) is 15.9 Å². The molecule has 0 spiro atoms. The maximum atomic E-state index is 12.7. The second kappa shape index (κ2) is 6.71. The van der Waals surface area contributed by atoms with E-state index in [-0.39, 0.29) is 22.5 Å². The van der Waals surface area contributed by atoms with Gasteiger partial charge in [0.15, 0.2) is 5.58 Å². The molecule has 0 radical (unpaired) electrons. The number of carbonyl (C=O) groups is 1. The van der Waals surface area contributed by atoms with Gasteiger partial charge in [-0.25, -0.2) is 4.98 Å². The normalized spacial score (nSPS) is 11.7. The summed E-state index contributed by atoms with van der Waals surface area (Å²) >= 11 is 3.33. The van der Waals surface area contributed by atoms with Crippen LogP contribution in [0, 0.1) is 0 Å². The number of nitrogens with zero attached hydrogens (tertiary/aromatic N) is 4. The lowest BCUT2D eigenvalue weighted by molar-refractivity contribution is -0.156. The third-order valence-electron chi connectivity index (χ3n) is 3.71. The van der Waals surface area contributed by atoms with Crippen molar-refractivity contribution in [1.29, 1.82) is 0 Å². The lowest BCUT2D eigenvalue weighted by atomic mass is 10.1. The number of aromatic nitrogens is 5. The van der Waals surface area contributed by atoms with Crippen LogP contribution in [-0.2, 0) is 6.18 Å². The van der Waals surface area contributed by atoms with E-state index in [4.69, 9.17) is 4.42 Å². The number of hydrogen-bond donors (Lipinski definition) is 2. The Bertz CT molecular complexity index is 1170. The van der Waals surface area contributed by atoms with Gasteiger partial charge in [0.1, 0.15) is 5.52 Å². The molecule has 0 fully saturated rings. The van der Waals surface area contributed by atoms with Gasteiger partial charge in [0, 0.05) is 15.6 Å². The molecule has 2 heterocycles. The molecule has 0 aliphatic rings. The molecular weight excluding hydrogens is 445 g/mol. The van der Waals surface area contributed by atoms with Crippen LogP contribution in [0.2, 0.25) is 0 Å². The number of H-pyrrole nitrogens is 1. The number of amides is 1. The first-order chi connectivity index (χ1) is 13.3. The Morgan fingerprint density at radius 1 is 1.18 bits per heavy atom. The van der Waals surface area contributed by atoms with Gasteiger partial charge in [0.25, 0.3) is 5.91 Å². The molecule has 0 bridgehead atoms. The number of oxazole rings is 1. The number of tetrazole rings is 1. The Kier molecular flexibility index (Phi) is 4.34. The van der Waals surface area contributed by atoms with Crippen LogP contribution in [0.3, 0.4) is 0 Å². The highest BCUT2D eigenvalue weighted by atomic mass is 79.9. The molecule has 0 aliphatic carbocycles. The highest BCUT2D eigenvalue weighted by Crippen LogP contribution is 2.32. The molecule has 0 aliphatic heterocycles. The van der Waals surface area contributed by atoms with Crippen molar-refractivity contribution in [2.45, 2.75) is 6.18 Å². The summed E-state index contributed by atoms with van der Waals surface area (Å²) in [6, 6.07) is 8.85. The van der Waals surface area contributed by atoms with Crippen molar-refractivity contribution in [3.63, 3.8) is 0 Å². The molecule has 12 heteroatoms. The molecule has 0 saturated carbocycles. The van der Waals surface area contributed by atoms with E-state index in [9.17, 15) is 18.0 Å². The van der Waals surface area contributed by atoms with Crippen molar-refractivity contribution in [2.75, 3.05) is 5.32 Å². The first kappa shape index (κ1) is 18.1. The van der Waals surface area contributed by atoms with E-state index in [1.165, 1.54) is 18.2 Å². The molecule has 2 aromatic carbocycles. The molecule has 4 aromatic rings. The minimum atomic E-state index is -4.71. The number of nitrogens with one attached hydrogen (secondary N) is 2. The Morgan fingerprint density at radius 3 is 2.71 bits per heavy atom. The van der Waals surface area contributed by atoms with Crippen molar-refractivity contribution in [1.82, 2.24) is 25.6 Å². The SMILES string of the molecule is O=C(Nc1ccc(Br)cc1-c1nn[nH]n1)c1ccc2nc(C(F)(F)F)oc2c1. The van der Waals surface area contributed by atoms with Gasteiger partial charge in [0.2, 0.25) is 5.82 Å². The molecule has 0 atom stereocenters. The summed E-state index contributed by atoms with van der Waals surface area (Å²) in [6.07, 6.45) is -4.71. The van der Waals surface area contributed by atoms with Gasteiger partial charge in [-0.3, -0.25) is 4.79 Å². The topological polar surface area (TPSA) is 110 Å². The third kappa shape index (κ3) is 3.45. The number of aromatic amines is 1. The van der Waals surface area contributed by atoms with E-state index in [1.807, 2.05) is 0 Å². The third-order valence-corrected chi connectivity index (χ3v) is 4.20. The zero-order chi connectivity index (χ0) is 19.9. The number of carbonyl (C=O) groups excluding carboxylic acids is 1. The zero-order valence-electron chi connectivity index (χ0n) is 13.6. The van der Waals surface area contributed by atoms with Crippen LogP contribution in [0.15, 0.2) is 45.3 Å². The summed E-state index contributed by atoms with van der Waals surface area (Å²) in [5.74, 6) is -1.66. The monoisotopic (exact) mass is 452 g/mol. The first-order valence-corrected chi connectivity index (χ1v) is 8.43. The molecule has 0 saturated heterocycles. The van der Waals surface area contributed by atoms with Crippen molar-refractivity contribution < 1.29 is 22.4 Å². The predicted molar refractivity (Wildman–Crippen MR) is 94.3 cm³/mol. The number of benzene rings is 2. The molecule has 2 N–H and O–H groups in total. The maximum absolute atomic E-state index is 12.7. The second-order valence-electron chi connectivity index (χ2n) is 5.58. The Hall–Kier alpha value is -3.28. The molecule has 28 heavy (non-hydrogen) atoms. The minimum absolute atomic E-state index is 0.00000264. The fourth-order valence-corrected chi connectivity index (χ4v) is 2.83. The van der Waals surface area contributed by atoms with Gasteiger partial charge in [-0.05, 0) is 41.6 Å². The molecule has 2 aromatic heterocycles. The van der Waals surface area contributed by atoms with Gasteiger partial charge in [-0.15, -0.1) is 10.2 Å². The van der Waals surface area contributed by atoms with Gasteiger partial charge < -0.3 is 9.73 Å². The number of alkyl halides is 3. The van der Waals surface area contributed by atoms with E-state index >= 15 is 0 Å². The summed E-state index contributed by atoms with van der Waals surface area (Å²) in [7, 11) is 0. The minimum Gasteiger partial charge on any atom is -0.433 e. The number of anilines is 1. The van der Waals surface area contributed by atoms with Gasteiger partial charge >= 0.3 is 12.1 Å². The molecule has 1 amide bonds. The fraction of sp³-hybridized carbons (Fsp3) is 0.0625. The van der Waals surface area contributed by atoms with Crippen molar-refractivity contribution in [2.24, 2.45) is 0 Å². The van der Waals surface area contributed by atoms with Crippen molar-refractivity contribution >= 4 is 38.6 Å². The lowest BCUT2D eigenvalue weighted by Gasteiger charge is -2.09. The van der Waals surface area contributed by atoms with Crippen LogP contribution in [0.25, 0.3) is 22.5 Å². The summed E-state index contributed by atoms with van der Waals surface area (Å²) in [4.78, 5) is 16.0. The summed E-state index contributed by atoms with van der Waals surface area (Å²) in [6.45, 7) is 0. The molecule has 0 unspecified atom stereocenters. The van der Waals surface area contributed by atoms with Crippen LogP contribution in [0.1, 0.15) is 16.2 Å². The number of hydrogen-bond acceptors (Lipinski definition) is 6. The summed E-state index contributed by atoms with van der Waals surface area (Å²) in [5.41, 5.74) is 0.841. The van der Waals surface area contributed by atoms with Crippen LogP contribution >= 0.6 is 15.9 Å². The molecule has 4 rings (SSSR count). The quantitative estimate of drug-likeness (QED) is 0.485. The number of fused-ring (bicyclic) bond motifs is 1. The van der Waals surface area contributed by atoms with Crippen LogP contribution in [-0.4, -0.2) is 31.5 Å². The average Bonchev–Trinajstić information content (AvgIpc) is 3.31. The molecular formula is C16H8BrF3N6O2. The van der Waals surface area contributed by atoms with Crippen LogP contribution in [0.4, 0.5) is 18.9 Å². The molecule has 8 nitrogen and oxygen atoms in total.